The Balaban J connectivity index is 2.70. The van der Waals surface area contributed by atoms with Gasteiger partial charge in [-0.3, -0.25) is 0 Å². The van der Waals surface area contributed by atoms with Crippen LogP contribution in [-0.4, -0.2) is 18.3 Å². The van der Waals surface area contributed by atoms with E-state index in [4.69, 9.17) is 14.9 Å². The van der Waals surface area contributed by atoms with E-state index in [-0.39, 0.29) is 6.04 Å². The summed E-state index contributed by atoms with van der Waals surface area (Å²) in [5.41, 5.74) is 8.17. The molecule has 2 aromatic rings. The summed E-state index contributed by atoms with van der Waals surface area (Å²) in [6.07, 6.45) is 0.866. The summed E-state index contributed by atoms with van der Waals surface area (Å²) in [5.74, 6) is 0.629. The molecule has 4 heteroatoms. The van der Waals surface area contributed by atoms with Crippen LogP contribution in [0.3, 0.4) is 0 Å². The molecule has 2 unspecified atom stereocenters. The van der Waals surface area contributed by atoms with Gasteiger partial charge in [-0.25, -0.2) is 0 Å². The lowest BCUT2D eigenvalue weighted by atomic mass is 9.98. The fourth-order valence-electron chi connectivity index (χ4n) is 2.04. The zero-order valence-electron chi connectivity index (χ0n) is 10.2. The van der Waals surface area contributed by atoms with Crippen molar-refractivity contribution >= 4 is 11.0 Å². The highest BCUT2D eigenvalue weighted by Gasteiger charge is 2.21. The minimum atomic E-state index is -0.747. The summed E-state index contributed by atoms with van der Waals surface area (Å²) in [6, 6.07) is 3.34. The Bertz CT molecular complexity index is 531. The second-order valence-corrected chi connectivity index (χ2v) is 4.28. The van der Waals surface area contributed by atoms with Crippen LogP contribution in [0.25, 0.3) is 11.0 Å². The average Bonchev–Trinajstić information content (AvgIpc) is 2.77. The van der Waals surface area contributed by atoms with E-state index < -0.39 is 6.10 Å². The number of fused-ring (bicyclic) bond motifs is 1. The second-order valence-electron chi connectivity index (χ2n) is 4.28. The van der Waals surface area contributed by atoms with E-state index >= 15 is 0 Å². The van der Waals surface area contributed by atoms with Crippen LogP contribution in [0.5, 0.6) is 5.75 Å². The van der Waals surface area contributed by atoms with Gasteiger partial charge in [0.2, 0.25) is 0 Å². The summed E-state index contributed by atoms with van der Waals surface area (Å²) >= 11 is 0. The van der Waals surface area contributed by atoms with Crippen LogP contribution in [0.1, 0.15) is 24.2 Å². The van der Waals surface area contributed by atoms with E-state index in [9.17, 15) is 5.11 Å². The van der Waals surface area contributed by atoms with Gasteiger partial charge >= 0.3 is 0 Å². The summed E-state index contributed by atoms with van der Waals surface area (Å²) < 4.78 is 10.8. The first-order valence-electron chi connectivity index (χ1n) is 5.54. The number of ether oxygens (including phenoxy) is 1. The highest BCUT2D eigenvalue weighted by atomic mass is 16.5. The van der Waals surface area contributed by atoms with Crippen LogP contribution in [0.15, 0.2) is 22.8 Å². The fourth-order valence-corrected chi connectivity index (χ4v) is 2.04. The van der Waals surface area contributed by atoms with Crippen LogP contribution in [-0.2, 0) is 0 Å². The number of furan rings is 1. The third-order valence-electron chi connectivity index (χ3n) is 2.92. The first-order valence-corrected chi connectivity index (χ1v) is 5.54. The summed E-state index contributed by atoms with van der Waals surface area (Å²) in [5, 5.41) is 11.0. The van der Waals surface area contributed by atoms with E-state index in [0.717, 1.165) is 16.5 Å². The Labute approximate surface area is 100.0 Å². The molecule has 2 atom stereocenters. The predicted octanol–water partition coefficient (Wildman–Crippen LogP) is 2.13. The van der Waals surface area contributed by atoms with Gasteiger partial charge in [0.15, 0.2) is 0 Å². The lowest BCUT2D eigenvalue weighted by Crippen LogP contribution is -2.24. The zero-order valence-corrected chi connectivity index (χ0v) is 10.2. The Morgan fingerprint density at radius 2 is 2.18 bits per heavy atom. The average molecular weight is 235 g/mol. The van der Waals surface area contributed by atoms with E-state index in [1.54, 1.807) is 20.3 Å². The van der Waals surface area contributed by atoms with Crippen molar-refractivity contribution in [3.63, 3.8) is 0 Å². The van der Waals surface area contributed by atoms with Gasteiger partial charge in [0.05, 0.1) is 24.9 Å². The topological polar surface area (TPSA) is 68.6 Å². The van der Waals surface area contributed by atoms with Crippen molar-refractivity contribution in [2.75, 3.05) is 7.11 Å². The van der Waals surface area contributed by atoms with Crippen LogP contribution in [0, 0.1) is 6.92 Å². The van der Waals surface area contributed by atoms with Crippen LogP contribution in [0.2, 0.25) is 0 Å². The zero-order chi connectivity index (χ0) is 12.6. The SMILES string of the molecule is COc1c(C(O)C(C)N)cc(C)c2occc12. The molecule has 17 heavy (non-hydrogen) atoms. The monoisotopic (exact) mass is 235 g/mol. The number of benzene rings is 1. The standard InChI is InChI=1S/C13H17NO3/c1-7-6-10(11(15)8(2)14)13(16-3)9-4-5-17-12(7)9/h4-6,8,11,15H,14H2,1-3H3. The molecule has 92 valence electrons. The molecule has 0 amide bonds. The molecule has 0 spiro atoms. The smallest absolute Gasteiger partial charge is 0.140 e. The van der Waals surface area contributed by atoms with Crippen molar-refractivity contribution in [3.8, 4) is 5.75 Å². The molecule has 1 heterocycles. The minimum absolute atomic E-state index is 0.354. The Hall–Kier alpha value is -1.52. The van der Waals surface area contributed by atoms with Gasteiger partial charge in [0.1, 0.15) is 11.3 Å². The fraction of sp³-hybridized carbons (Fsp3) is 0.385. The first kappa shape index (κ1) is 12.0. The third-order valence-corrected chi connectivity index (χ3v) is 2.92. The van der Waals surface area contributed by atoms with Crippen LogP contribution >= 0.6 is 0 Å². The molecule has 0 saturated heterocycles. The number of nitrogens with two attached hydrogens (primary N) is 1. The van der Waals surface area contributed by atoms with Gasteiger partial charge in [-0.15, -0.1) is 0 Å². The Kier molecular flexibility index (Phi) is 3.09. The molecule has 2 rings (SSSR count). The number of methoxy groups -OCH3 is 1. The van der Waals surface area contributed by atoms with Crippen LogP contribution < -0.4 is 10.5 Å². The summed E-state index contributed by atoms with van der Waals surface area (Å²) in [6.45, 7) is 3.70. The van der Waals surface area contributed by atoms with Crippen molar-refractivity contribution in [2.24, 2.45) is 5.73 Å². The van der Waals surface area contributed by atoms with Gasteiger partial charge in [-0.05, 0) is 31.5 Å². The maximum atomic E-state index is 10.1. The lowest BCUT2D eigenvalue weighted by Gasteiger charge is -2.19. The summed E-state index contributed by atoms with van der Waals surface area (Å²) in [7, 11) is 1.58. The maximum absolute atomic E-state index is 10.1. The third kappa shape index (κ3) is 1.90. The first-order chi connectivity index (χ1) is 8.06. The molecule has 0 radical (unpaired) electrons. The number of aliphatic hydroxyl groups excluding tert-OH is 1. The number of aliphatic hydroxyl groups is 1. The molecular formula is C13H17NO3. The Morgan fingerprint density at radius 1 is 1.47 bits per heavy atom. The molecule has 0 aliphatic heterocycles. The number of hydrogen-bond donors (Lipinski definition) is 2. The maximum Gasteiger partial charge on any atom is 0.140 e. The van der Waals surface area contributed by atoms with Crippen molar-refractivity contribution in [1.82, 2.24) is 0 Å². The molecule has 0 fully saturated rings. The molecule has 1 aromatic carbocycles. The van der Waals surface area contributed by atoms with Crippen LogP contribution in [0.4, 0.5) is 0 Å². The number of rotatable bonds is 3. The van der Waals surface area contributed by atoms with E-state index in [2.05, 4.69) is 0 Å². The highest BCUT2D eigenvalue weighted by Crippen LogP contribution is 2.36. The van der Waals surface area contributed by atoms with Crippen molar-refractivity contribution < 1.29 is 14.3 Å². The van der Waals surface area contributed by atoms with Crippen molar-refractivity contribution in [2.45, 2.75) is 26.0 Å². The molecule has 3 N–H and O–H groups in total. The van der Waals surface area contributed by atoms with E-state index in [1.165, 1.54) is 0 Å². The minimum Gasteiger partial charge on any atom is -0.496 e. The number of aryl methyl sites for hydroxylation is 1. The van der Waals surface area contributed by atoms with Crippen molar-refractivity contribution in [1.29, 1.82) is 0 Å². The van der Waals surface area contributed by atoms with Crippen molar-refractivity contribution in [3.05, 3.63) is 29.5 Å². The molecule has 0 aliphatic rings. The largest absolute Gasteiger partial charge is 0.496 e. The van der Waals surface area contributed by atoms with Gasteiger partial charge in [0, 0.05) is 11.6 Å². The number of hydrogen-bond acceptors (Lipinski definition) is 4. The van der Waals surface area contributed by atoms with E-state index in [0.29, 0.717) is 11.3 Å². The van der Waals surface area contributed by atoms with Gasteiger partial charge < -0.3 is 20.0 Å². The van der Waals surface area contributed by atoms with Gasteiger partial charge in [0.25, 0.3) is 0 Å². The molecule has 0 aliphatic carbocycles. The summed E-state index contributed by atoms with van der Waals surface area (Å²) in [4.78, 5) is 0. The second kappa shape index (κ2) is 4.39. The highest BCUT2D eigenvalue weighted by molar-refractivity contribution is 5.88. The quantitative estimate of drug-likeness (QED) is 0.855. The van der Waals surface area contributed by atoms with Gasteiger partial charge in [-0.1, -0.05) is 0 Å². The lowest BCUT2D eigenvalue weighted by molar-refractivity contribution is 0.150. The Morgan fingerprint density at radius 3 is 2.76 bits per heavy atom. The molecule has 1 aromatic heterocycles. The molecule has 4 nitrogen and oxygen atoms in total. The van der Waals surface area contributed by atoms with E-state index in [1.807, 2.05) is 19.1 Å². The molecular weight excluding hydrogens is 218 g/mol. The van der Waals surface area contributed by atoms with Gasteiger partial charge in [-0.2, -0.15) is 0 Å². The molecule has 0 saturated carbocycles. The predicted molar refractivity (Wildman–Crippen MR) is 66.1 cm³/mol. The molecule has 0 bridgehead atoms. The normalized spacial score (nSPS) is 14.9.